The zero-order valence-corrected chi connectivity index (χ0v) is 23.7. The molecule has 6 aromatic carbocycles. The summed E-state index contributed by atoms with van der Waals surface area (Å²) in [6.07, 6.45) is 0. The van der Waals surface area contributed by atoms with Crippen molar-refractivity contribution in [3.05, 3.63) is 145 Å². The maximum absolute atomic E-state index is 9.17. The van der Waals surface area contributed by atoms with Gasteiger partial charge in [0.25, 0.3) is 0 Å². The smallest absolute Gasteiger partial charge is 0.238 e. The second-order valence-electron chi connectivity index (χ2n) is 10.2. The average Bonchev–Trinajstić information content (AvgIpc) is 3.75. The summed E-state index contributed by atoms with van der Waals surface area (Å²) in [5, 5.41) is 2.51. The molecule has 0 saturated carbocycles. The van der Waals surface area contributed by atoms with Crippen molar-refractivity contribution in [2.24, 2.45) is 0 Å². The number of para-hydroxylation sites is 1. The van der Waals surface area contributed by atoms with Gasteiger partial charge < -0.3 is 0 Å². The minimum atomic E-state index is -0.542. The van der Waals surface area contributed by atoms with Gasteiger partial charge in [0.05, 0.1) is 23.4 Å². The number of nitrogens with zero attached hydrogens (tertiary/aromatic N) is 4. The molecule has 9 aromatic rings. The second kappa shape index (κ2) is 9.97. The van der Waals surface area contributed by atoms with E-state index in [1.54, 1.807) is 34.1 Å². The predicted octanol–water partition coefficient (Wildman–Crippen LogP) is 10.3. The van der Waals surface area contributed by atoms with Gasteiger partial charge in [-0.3, -0.25) is 4.57 Å². The fourth-order valence-electron chi connectivity index (χ4n) is 5.79. The molecule has 0 saturated heterocycles. The highest BCUT2D eigenvalue weighted by atomic mass is 32.1. The molecule has 44 heavy (non-hydrogen) atoms. The number of rotatable bonds is 4. The summed E-state index contributed by atoms with van der Waals surface area (Å²) < 4.78 is 81.7. The van der Waals surface area contributed by atoms with Crippen molar-refractivity contribution in [3.8, 4) is 39.9 Å². The topological polar surface area (TPSA) is 43.6 Å². The van der Waals surface area contributed by atoms with Crippen LogP contribution in [0.3, 0.4) is 0 Å². The molecule has 0 spiro atoms. The minimum Gasteiger partial charge on any atom is -0.278 e. The van der Waals surface area contributed by atoms with Crippen molar-refractivity contribution in [1.29, 1.82) is 0 Å². The zero-order chi connectivity index (χ0) is 36.9. The average molecular weight is 590 g/mol. The van der Waals surface area contributed by atoms with Crippen LogP contribution in [0.1, 0.15) is 12.3 Å². The van der Waals surface area contributed by atoms with Crippen LogP contribution in [0.5, 0.6) is 0 Å². The van der Waals surface area contributed by atoms with E-state index in [-0.39, 0.29) is 45.4 Å². The van der Waals surface area contributed by atoms with Crippen molar-refractivity contribution >= 4 is 53.3 Å². The molecule has 0 N–H and O–H groups in total. The minimum absolute atomic E-state index is 0.0713. The van der Waals surface area contributed by atoms with Crippen LogP contribution < -0.4 is 0 Å². The van der Waals surface area contributed by atoms with Crippen molar-refractivity contribution in [1.82, 2.24) is 19.5 Å². The molecule has 3 aromatic heterocycles. The molecule has 0 unspecified atom stereocenters. The number of aromatic nitrogens is 4. The SMILES string of the molecule is [2H]c1c([2H])c([2H])c(-c2cccc3c2c2c([2H])c([2H])c([2H])c([2H])c2n3-c2nc(-c3ccccc3)nc(-c3cccc4c3sc3ccccc34)n2)c([2H])c1[2H]. The van der Waals surface area contributed by atoms with Gasteiger partial charge in [-0.15, -0.1) is 11.3 Å². The Hall–Kier alpha value is -5.65. The van der Waals surface area contributed by atoms with Crippen LogP contribution in [0, 0.1) is 0 Å². The van der Waals surface area contributed by atoms with Crippen LogP contribution in [0.15, 0.2) is 145 Å². The summed E-state index contributed by atoms with van der Waals surface area (Å²) in [4.78, 5) is 14.9. The lowest BCUT2D eigenvalue weighted by atomic mass is 9.99. The summed E-state index contributed by atoms with van der Waals surface area (Å²) in [5.74, 6) is 0.764. The van der Waals surface area contributed by atoms with E-state index in [4.69, 9.17) is 27.3 Å². The standard InChI is InChI=1S/C39H24N4S/c1-3-13-25(14-4-1)27-19-12-23-33-35(27)30-18-7-9-22-32(30)43(33)39-41-37(26-15-5-2-6-16-26)40-38(42-39)31-21-11-20-29-28-17-8-10-24-34(28)44-36(29)31/h1-24H/i1D,3D,4D,7D,9D,13D,14D,18D,22D. The lowest BCUT2D eigenvalue weighted by Gasteiger charge is -2.11. The summed E-state index contributed by atoms with van der Waals surface area (Å²) in [5.41, 5.74) is 2.00. The first-order valence-electron chi connectivity index (χ1n) is 18.4. The molecule has 0 bridgehead atoms. The molecule has 3 heterocycles. The van der Waals surface area contributed by atoms with Crippen LogP contribution in [0.25, 0.3) is 81.8 Å². The first-order chi connectivity index (χ1) is 25.6. The number of benzene rings is 6. The highest BCUT2D eigenvalue weighted by molar-refractivity contribution is 7.26. The Morgan fingerprint density at radius 1 is 0.523 bits per heavy atom. The predicted molar refractivity (Wildman–Crippen MR) is 183 cm³/mol. The summed E-state index contributed by atoms with van der Waals surface area (Å²) >= 11 is 1.62. The van der Waals surface area contributed by atoms with Gasteiger partial charge in [0, 0.05) is 42.1 Å². The maximum atomic E-state index is 9.17. The van der Waals surface area contributed by atoms with Crippen molar-refractivity contribution in [2.75, 3.05) is 0 Å². The lowest BCUT2D eigenvalue weighted by molar-refractivity contribution is 0.954. The molecule has 0 aliphatic rings. The Morgan fingerprint density at radius 2 is 1.25 bits per heavy atom. The van der Waals surface area contributed by atoms with Crippen molar-refractivity contribution in [2.45, 2.75) is 0 Å². The van der Waals surface area contributed by atoms with E-state index in [2.05, 4.69) is 18.2 Å². The van der Waals surface area contributed by atoms with Crippen LogP contribution in [-0.2, 0) is 0 Å². The first-order valence-corrected chi connectivity index (χ1v) is 14.7. The third-order valence-corrected chi connectivity index (χ3v) is 8.91. The Bertz CT molecular complexity index is 2990. The molecule has 0 fully saturated rings. The molecular weight excluding hydrogens is 557 g/mol. The van der Waals surface area contributed by atoms with Crippen molar-refractivity contribution < 1.29 is 12.3 Å². The molecular formula is C39H24N4S. The number of thiophene rings is 1. The molecule has 9 rings (SSSR count). The molecule has 0 amide bonds. The van der Waals surface area contributed by atoms with E-state index in [0.717, 1.165) is 25.7 Å². The fraction of sp³-hybridized carbons (Fsp3) is 0. The second-order valence-corrected chi connectivity index (χ2v) is 11.2. The highest BCUT2D eigenvalue weighted by Gasteiger charge is 2.21. The lowest BCUT2D eigenvalue weighted by Crippen LogP contribution is -2.06. The van der Waals surface area contributed by atoms with Gasteiger partial charge >= 0.3 is 0 Å². The van der Waals surface area contributed by atoms with Gasteiger partial charge in [0.1, 0.15) is 0 Å². The van der Waals surface area contributed by atoms with Crippen LogP contribution in [0.4, 0.5) is 0 Å². The molecule has 206 valence electrons. The largest absolute Gasteiger partial charge is 0.278 e. The summed E-state index contributed by atoms with van der Waals surface area (Å²) in [7, 11) is 0. The van der Waals surface area contributed by atoms with Gasteiger partial charge in [0.2, 0.25) is 5.95 Å². The molecule has 4 nitrogen and oxygen atoms in total. The van der Waals surface area contributed by atoms with E-state index in [0.29, 0.717) is 22.7 Å². The molecule has 0 aliphatic heterocycles. The Balaban J connectivity index is 1.44. The van der Waals surface area contributed by atoms with Crippen LogP contribution in [0.2, 0.25) is 0 Å². The van der Waals surface area contributed by atoms with Crippen molar-refractivity contribution in [3.63, 3.8) is 0 Å². The molecule has 0 radical (unpaired) electrons. The Kier molecular flexibility index (Phi) is 3.96. The third kappa shape index (κ3) is 3.87. The molecule has 0 aliphatic carbocycles. The third-order valence-electron chi connectivity index (χ3n) is 7.69. The van der Waals surface area contributed by atoms with Gasteiger partial charge in [0.15, 0.2) is 11.6 Å². The fourth-order valence-corrected chi connectivity index (χ4v) is 7.00. The number of fused-ring (bicyclic) bond motifs is 6. The van der Waals surface area contributed by atoms with Gasteiger partial charge in [-0.05, 0) is 35.4 Å². The van der Waals surface area contributed by atoms with E-state index < -0.39 is 42.3 Å². The van der Waals surface area contributed by atoms with E-state index in [1.165, 1.54) is 0 Å². The summed E-state index contributed by atoms with van der Waals surface area (Å²) in [6.45, 7) is 0. The Labute approximate surface area is 270 Å². The van der Waals surface area contributed by atoms with Crippen LogP contribution in [-0.4, -0.2) is 19.5 Å². The van der Waals surface area contributed by atoms with Crippen LogP contribution >= 0.6 is 11.3 Å². The van der Waals surface area contributed by atoms with E-state index in [1.807, 2.05) is 54.6 Å². The zero-order valence-electron chi connectivity index (χ0n) is 31.9. The maximum Gasteiger partial charge on any atom is 0.238 e. The quantitative estimate of drug-likeness (QED) is 0.205. The van der Waals surface area contributed by atoms with Gasteiger partial charge in [-0.2, -0.15) is 9.97 Å². The number of hydrogen-bond donors (Lipinski definition) is 0. The van der Waals surface area contributed by atoms with E-state index in [9.17, 15) is 0 Å². The van der Waals surface area contributed by atoms with Gasteiger partial charge in [-0.1, -0.05) is 121 Å². The van der Waals surface area contributed by atoms with E-state index >= 15 is 0 Å². The molecule has 5 heteroatoms. The Morgan fingerprint density at radius 3 is 2.16 bits per heavy atom. The highest BCUT2D eigenvalue weighted by Crippen LogP contribution is 2.41. The first kappa shape index (κ1) is 17.5. The van der Waals surface area contributed by atoms with Gasteiger partial charge in [-0.25, -0.2) is 4.98 Å². The number of hydrogen-bond acceptors (Lipinski definition) is 4. The normalized spacial score (nSPS) is 14.5. The summed E-state index contributed by atoms with van der Waals surface area (Å²) in [6, 6.07) is 24.3. The monoisotopic (exact) mass is 589 g/mol. The molecule has 0 atom stereocenters.